The van der Waals surface area contributed by atoms with Crippen molar-refractivity contribution in [2.24, 2.45) is 0 Å². The summed E-state index contributed by atoms with van der Waals surface area (Å²) in [6, 6.07) is 10.1. The van der Waals surface area contributed by atoms with Gasteiger partial charge in [0.15, 0.2) is 11.6 Å². The minimum Gasteiger partial charge on any atom is -0.345 e. The number of nitrogens with zero attached hydrogens (tertiary/aromatic N) is 1. The number of amides is 1. The fourth-order valence-electron chi connectivity index (χ4n) is 2.02. The standard InChI is InChI=1S/C16H11F2N3O/c17-13-5-4-11(7-14(13)18)16(22)21-12-3-1-2-10(6-12)15-8-19-9-20-15/h1-9H,(H,19,20)(H,21,22). The van der Waals surface area contributed by atoms with Gasteiger partial charge in [-0.05, 0) is 30.3 Å². The Kier molecular flexibility index (Phi) is 3.65. The first-order valence-electron chi connectivity index (χ1n) is 6.49. The maximum atomic E-state index is 13.2. The first-order chi connectivity index (χ1) is 10.6. The van der Waals surface area contributed by atoms with Gasteiger partial charge in [-0.3, -0.25) is 4.79 Å². The summed E-state index contributed by atoms with van der Waals surface area (Å²) < 4.78 is 26.0. The molecule has 110 valence electrons. The van der Waals surface area contributed by atoms with Crippen molar-refractivity contribution in [3.05, 3.63) is 72.2 Å². The van der Waals surface area contributed by atoms with Crippen LogP contribution >= 0.6 is 0 Å². The third kappa shape index (κ3) is 2.85. The minimum absolute atomic E-state index is 0.0471. The molecule has 0 aliphatic rings. The van der Waals surface area contributed by atoms with Gasteiger partial charge in [-0.1, -0.05) is 12.1 Å². The van der Waals surface area contributed by atoms with Crippen LogP contribution in [-0.2, 0) is 0 Å². The Hall–Kier alpha value is -3.02. The molecular weight excluding hydrogens is 288 g/mol. The number of hydrogen-bond acceptors (Lipinski definition) is 2. The van der Waals surface area contributed by atoms with Crippen molar-refractivity contribution in [3.63, 3.8) is 0 Å². The van der Waals surface area contributed by atoms with E-state index in [9.17, 15) is 13.6 Å². The second-order valence-electron chi connectivity index (χ2n) is 4.63. The summed E-state index contributed by atoms with van der Waals surface area (Å²) in [7, 11) is 0. The fraction of sp³-hybridized carbons (Fsp3) is 0. The minimum atomic E-state index is -1.06. The van der Waals surface area contributed by atoms with Crippen LogP contribution in [-0.4, -0.2) is 15.9 Å². The molecule has 1 amide bonds. The van der Waals surface area contributed by atoms with Crippen LogP contribution in [0.1, 0.15) is 10.4 Å². The molecule has 4 nitrogen and oxygen atoms in total. The van der Waals surface area contributed by atoms with E-state index in [2.05, 4.69) is 15.3 Å². The average molecular weight is 299 g/mol. The number of aromatic nitrogens is 2. The summed E-state index contributed by atoms with van der Waals surface area (Å²) in [5, 5.41) is 2.64. The van der Waals surface area contributed by atoms with E-state index in [0.29, 0.717) is 5.69 Å². The molecule has 0 saturated heterocycles. The number of carbonyl (C=O) groups excluding carboxylic acids is 1. The Morgan fingerprint density at radius 2 is 1.95 bits per heavy atom. The van der Waals surface area contributed by atoms with Crippen LogP contribution in [0.5, 0.6) is 0 Å². The lowest BCUT2D eigenvalue weighted by Gasteiger charge is -2.07. The number of aromatic amines is 1. The van der Waals surface area contributed by atoms with Crippen molar-refractivity contribution in [1.29, 1.82) is 0 Å². The number of nitrogens with one attached hydrogen (secondary N) is 2. The second kappa shape index (κ2) is 5.77. The monoisotopic (exact) mass is 299 g/mol. The van der Waals surface area contributed by atoms with Crippen LogP contribution in [0.2, 0.25) is 0 Å². The van der Waals surface area contributed by atoms with Gasteiger partial charge in [0, 0.05) is 16.8 Å². The third-order valence-electron chi connectivity index (χ3n) is 3.11. The van der Waals surface area contributed by atoms with Gasteiger partial charge in [-0.2, -0.15) is 0 Å². The third-order valence-corrected chi connectivity index (χ3v) is 3.11. The lowest BCUT2D eigenvalue weighted by molar-refractivity contribution is 0.102. The van der Waals surface area contributed by atoms with Crippen LogP contribution in [0.4, 0.5) is 14.5 Å². The molecule has 0 unspecified atom stereocenters. The van der Waals surface area contributed by atoms with Crippen LogP contribution in [0.3, 0.4) is 0 Å². The first-order valence-corrected chi connectivity index (χ1v) is 6.49. The molecule has 22 heavy (non-hydrogen) atoms. The second-order valence-corrected chi connectivity index (χ2v) is 4.63. The van der Waals surface area contributed by atoms with Crippen molar-refractivity contribution in [2.45, 2.75) is 0 Å². The Morgan fingerprint density at radius 3 is 2.68 bits per heavy atom. The van der Waals surface area contributed by atoms with Gasteiger partial charge in [-0.25, -0.2) is 13.8 Å². The zero-order valence-corrected chi connectivity index (χ0v) is 11.3. The molecule has 3 rings (SSSR count). The van der Waals surface area contributed by atoms with E-state index in [1.54, 1.807) is 30.7 Å². The Morgan fingerprint density at radius 1 is 1.09 bits per heavy atom. The quantitative estimate of drug-likeness (QED) is 0.776. The SMILES string of the molecule is O=C(Nc1cccc(-c2cnc[nH]2)c1)c1ccc(F)c(F)c1. The Labute approximate surface area is 124 Å². The number of rotatable bonds is 3. The maximum absolute atomic E-state index is 13.2. The van der Waals surface area contributed by atoms with Crippen molar-refractivity contribution in [2.75, 3.05) is 5.32 Å². The zero-order chi connectivity index (χ0) is 15.5. The number of hydrogen-bond donors (Lipinski definition) is 2. The van der Waals surface area contributed by atoms with E-state index in [1.807, 2.05) is 6.07 Å². The van der Waals surface area contributed by atoms with Crippen molar-refractivity contribution in [3.8, 4) is 11.3 Å². The fourth-order valence-corrected chi connectivity index (χ4v) is 2.02. The van der Waals surface area contributed by atoms with Gasteiger partial charge in [0.25, 0.3) is 5.91 Å². The molecular formula is C16H11F2N3O. The van der Waals surface area contributed by atoms with Gasteiger partial charge >= 0.3 is 0 Å². The van der Waals surface area contributed by atoms with E-state index >= 15 is 0 Å². The highest BCUT2D eigenvalue weighted by atomic mass is 19.2. The number of imidazole rings is 1. The van der Waals surface area contributed by atoms with Crippen molar-refractivity contribution >= 4 is 11.6 Å². The van der Waals surface area contributed by atoms with Crippen molar-refractivity contribution in [1.82, 2.24) is 9.97 Å². The molecule has 2 N–H and O–H groups in total. The van der Waals surface area contributed by atoms with E-state index in [4.69, 9.17) is 0 Å². The molecule has 6 heteroatoms. The van der Waals surface area contributed by atoms with E-state index in [1.165, 1.54) is 6.07 Å². The van der Waals surface area contributed by atoms with Crippen LogP contribution < -0.4 is 5.32 Å². The summed E-state index contributed by atoms with van der Waals surface area (Å²) in [4.78, 5) is 19.0. The first kappa shape index (κ1) is 13.9. The van der Waals surface area contributed by atoms with E-state index in [-0.39, 0.29) is 5.56 Å². The van der Waals surface area contributed by atoms with Gasteiger partial charge < -0.3 is 10.3 Å². The number of anilines is 1. The van der Waals surface area contributed by atoms with Crippen LogP contribution in [0.15, 0.2) is 55.0 Å². The number of benzene rings is 2. The number of halogens is 2. The maximum Gasteiger partial charge on any atom is 0.255 e. The zero-order valence-electron chi connectivity index (χ0n) is 11.3. The topological polar surface area (TPSA) is 57.8 Å². The van der Waals surface area contributed by atoms with Crippen LogP contribution in [0.25, 0.3) is 11.3 Å². The summed E-state index contributed by atoms with van der Waals surface area (Å²) in [6.45, 7) is 0. The Balaban J connectivity index is 1.82. The van der Waals surface area contributed by atoms with E-state index in [0.717, 1.165) is 23.4 Å². The largest absolute Gasteiger partial charge is 0.345 e. The van der Waals surface area contributed by atoms with Crippen molar-refractivity contribution < 1.29 is 13.6 Å². The number of H-pyrrole nitrogens is 1. The molecule has 0 aliphatic carbocycles. The molecule has 1 heterocycles. The summed E-state index contributed by atoms with van der Waals surface area (Å²) in [6.07, 6.45) is 3.22. The number of carbonyl (C=O) groups is 1. The smallest absolute Gasteiger partial charge is 0.255 e. The molecule has 1 aromatic heterocycles. The predicted molar refractivity (Wildman–Crippen MR) is 78.3 cm³/mol. The molecule has 0 spiro atoms. The predicted octanol–water partition coefficient (Wildman–Crippen LogP) is 3.61. The van der Waals surface area contributed by atoms with E-state index < -0.39 is 17.5 Å². The molecule has 2 aromatic carbocycles. The molecule has 3 aromatic rings. The average Bonchev–Trinajstić information content (AvgIpc) is 3.04. The van der Waals surface area contributed by atoms with Crippen LogP contribution in [0, 0.1) is 11.6 Å². The summed E-state index contributed by atoms with van der Waals surface area (Å²) in [5.41, 5.74) is 2.25. The molecule has 0 bridgehead atoms. The highest BCUT2D eigenvalue weighted by Gasteiger charge is 2.10. The summed E-state index contributed by atoms with van der Waals surface area (Å²) in [5.74, 6) is -2.56. The van der Waals surface area contributed by atoms with Gasteiger partial charge in [-0.15, -0.1) is 0 Å². The lowest BCUT2D eigenvalue weighted by Crippen LogP contribution is -2.12. The molecule has 0 saturated carbocycles. The molecule has 0 fully saturated rings. The van der Waals surface area contributed by atoms with Gasteiger partial charge in [0.05, 0.1) is 18.2 Å². The Bertz CT molecular complexity index is 816. The highest BCUT2D eigenvalue weighted by Crippen LogP contribution is 2.21. The molecule has 0 radical (unpaired) electrons. The summed E-state index contributed by atoms with van der Waals surface area (Å²) >= 11 is 0. The normalized spacial score (nSPS) is 10.5. The van der Waals surface area contributed by atoms with Gasteiger partial charge in [0.1, 0.15) is 0 Å². The molecule has 0 aliphatic heterocycles. The van der Waals surface area contributed by atoms with Gasteiger partial charge in [0.2, 0.25) is 0 Å². The lowest BCUT2D eigenvalue weighted by atomic mass is 10.1. The molecule has 0 atom stereocenters. The highest BCUT2D eigenvalue weighted by molar-refractivity contribution is 6.04.